The number of amides is 1. The molecule has 5 rings (SSSR count). The maximum Gasteiger partial charge on any atom is 0.284 e. The lowest BCUT2D eigenvalue weighted by Gasteiger charge is -2.36. The van der Waals surface area contributed by atoms with Crippen molar-refractivity contribution in [3.63, 3.8) is 0 Å². The minimum atomic E-state index is -0.716. The van der Waals surface area contributed by atoms with Crippen LogP contribution in [0.5, 0.6) is 0 Å². The normalized spacial score (nSPS) is 16.8. The Kier molecular flexibility index (Phi) is 6.90. The van der Waals surface area contributed by atoms with Gasteiger partial charge in [-0.2, -0.15) is 4.39 Å². The van der Waals surface area contributed by atoms with E-state index < -0.39 is 17.7 Å². The number of fused-ring (bicyclic) bond motifs is 1. The SMILES string of the molecule is CCc1nc2ccc(CN3CCN(c4ccc(C(=O)NNC5COC5)nc4F)CC3)c(F)c2[nH]c1=O. The maximum absolute atomic E-state index is 15.1. The summed E-state index contributed by atoms with van der Waals surface area (Å²) in [7, 11) is 0. The lowest BCUT2D eigenvalue weighted by atomic mass is 10.1. The van der Waals surface area contributed by atoms with Crippen LogP contribution in [0.15, 0.2) is 29.1 Å². The second kappa shape index (κ2) is 10.2. The summed E-state index contributed by atoms with van der Waals surface area (Å²) in [5, 5.41) is 0. The number of aryl methyl sites for hydroxylation is 1. The van der Waals surface area contributed by atoms with Crippen LogP contribution in [0.25, 0.3) is 11.0 Å². The van der Waals surface area contributed by atoms with Crippen LogP contribution in [-0.4, -0.2) is 71.2 Å². The largest absolute Gasteiger partial charge is 0.378 e. The summed E-state index contributed by atoms with van der Waals surface area (Å²) in [6, 6.07) is 6.49. The van der Waals surface area contributed by atoms with Crippen molar-refractivity contribution in [1.29, 1.82) is 0 Å². The van der Waals surface area contributed by atoms with Crippen LogP contribution in [0.4, 0.5) is 14.5 Å². The standard InChI is InChI=1S/C24H27F2N7O3/c1-2-16-23(34)29-21-17(27-16)4-3-14(20(21)25)11-32-7-9-33(10-8-32)19-6-5-18(28-22(19)26)24(35)31-30-15-12-36-13-15/h3-6,15,30H,2,7-13H2,1H3,(H,29,34)(H,31,35). The number of anilines is 1. The van der Waals surface area contributed by atoms with Gasteiger partial charge in [-0.15, -0.1) is 0 Å². The number of rotatable bonds is 7. The minimum Gasteiger partial charge on any atom is -0.378 e. The third-order valence-corrected chi connectivity index (χ3v) is 6.49. The van der Waals surface area contributed by atoms with Crippen LogP contribution < -0.4 is 21.3 Å². The Morgan fingerprint density at radius 3 is 2.58 bits per heavy atom. The van der Waals surface area contributed by atoms with Crippen molar-refractivity contribution in [1.82, 2.24) is 30.7 Å². The molecule has 36 heavy (non-hydrogen) atoms. The van der Waals surface area contributed by atoms with Crippen molar-refractivity contribution >= 4 is 22.6 Å². The molecule has 2 fully saturated rings. The molecule has 0 bridgehead atoms. The van der Waals surface area contributed by atoms with Gasteiger partial charge in [-0.05, 0) is 24.6 Å². The first kappa shape index (κ1) is 24.2. The number of halogens is 2. The zero-order valence-corrected chi connectivity index (χ0v) is 19.8. The molecule has 190 valence electrons. The van der Waals surface area contributed by atoms with Crippen molar-refractivity contribution < 1.29 is 18.3 Å². The summed E-state index contributed by atoms with van der Waals surface area (Å²) in [5.74, 6) is -1.71. The number of nitrogens with zero attached hydrogens (tertiary/aromatic N) is 4. The Morgan fingerprint density at radius 2 is 1.92 bits per heavy atom. The number of ether oxygens (including phenoxy) is 1. The van der Waals surface area contributed by atoms with E-state index >= 15 is 4.39 Å². The fourth-order valence-electron chi connectivity index (χ4n) is 4.29. The summed E-state index contributed by atoms with van der Waals surface area (Å²) in [4.78, 5) is 38.9. The van der Waals surface area contributed by atoms with E-state index in [9.17, 15) is 14.0 Å². The molecule has 2 saturated heterocycles. The number of piperazine rings is 1. The predicted octanol–water partition coefficient (Wildman–Crippen LogP) is 1.11. The highest BCUT2D eigenvalue weighted by atomic mass is 19.1. The molecule has 0 radical (unpaired) electrons. The molecule has 0 atom stereocenters. The molecule has 3 N–H and O–H groups in total. The topological polar surface area (TPSA) is 115 Å². The molecule has 0 saturated carbocycles. The van der Waals surface area contributed by atoms with Gasteiger partial charge in [-0.25, -0.2) is 19.8 Å². The molecule has 0 aliphatic carbocycles. The quantitative estimate of drug-likeness (QED) is 0.327. The lowest BCUT2D eigenvalue weighted by Crippen LogP contribution is -2.53. The second-order valence-corrected chi connectivity index (χ2v) is 8.90. The summed E-state index contributed by atoms with van der Waals surface area (Å²) in [6.45, 7) is 5.39. The van der Waals surface area contributed by atoms with E-state index in [1.165, 1.54) is 6.07 Å². The van der Waals surface area contributed by atoms with Crippen molar-refractivity contribution in [3.05, 3.63) is 63.3 Å². The summed E-state index contributed by atoms with van der Waals surface area (Å²) < 4.78 is 34.9. The predicted molar refractivity (Wildman–Crippen MR) is 129 cm³/mol. The zero-order valence-electron chi connectivity index (χ0n) is 19.8. The van der Waals surface area contributed by atoms with Gasteiger partial charge in [0.25, 0.3) is 11.5 Å². The number of hydrogen-bond donors (Lipinski definition) is 3. The van der Waals surface area contributed by atoms with Crippen LogP contribution in [0, 0.1) is 11.8 Å². The molecule has 4 heterocycles. The minimum absolute atomic E-state index is 0.0204. The second-order valence-electron chi connectivity index (χ2n) is 8.90. The fourth-order valence-corrected chi connectivity index (χ4v) is 4.29. The number of aromatic nitrogens is 3. The van der Waals surface area contributed by atoms with E-state index in [0.29, 0.717) is 74.8 Å². The Bertz CT molecular complexity index is 1340. The first-order valence-corrected chi connectivity index (χ1v) is 11.9. The van der Waals surface area contributed by atoms with Gasteiger partial charge in [0.05, 0.1) is 30.5 Å². The average Bonchev–Trinajstić information content (AvgIpc) is 2.85. The third-order valence-electron chi connectivity index (χ3n) is 6.49. The van der Waals surface area contributed by atoms with Gasteiger partial charge in [0.15, 0.2) is 5.82 Å². The number of pyridine rings is 1. The van der Waals surface area contributed by atoms with Gasteiger partial charge in [-0.1, -0.05) is 13.0 Å². The molecular weight excluding hydrogens is 472 g/mol. The third kappa shape index (κ3) is 4.92. The van der Waals surface area contributed by atoms with Crippen LogP contribution >= 0.6 is 0 Å². The number of nitrogens with one attached hydrogen (secondary N) is 3. The van der Waals surface area contributed by atoms with E-state index in [1.54, 1.807) is 18.2 Å². The van der Waals surface area contributed by atoms with Gasteiger partial charge >= 0.3 is 0 Å². The Labute approximate surface area is 205 Å². The Hall–Kier alpha value is -3.48. The van der Waals surface area contributed by atoms with Crippen LogP contribution in [0.1, 0.15) is 28.7 Å². The van der Waals surface area contributed by atoms with E-state index in [0.717, 1.165) is 0 Å². The van der Waals surface area contributed by atoms with Crippen LogP contribution in [0.3, 0.4) is 0 Å². The van der Waals surface area contributed by atoms with Crippen molar-refractivity contribution in [2.75, 3.05) is 44.3 Å². The summed E-state index contributed by atoms with van der Waals surface area (Å²) in [6.07, 6.45) is 0.471. The molecule has 0 unspecified atom stereocenters. The van der Waals surface area contributed by atoms with Gasteiger partial charge in [0.1, 0.15) is 16.9 Å². The highest BCUT2D eigenvalue weighted by Crippen LogP contribution is 2.22. The van der Waals surface area contributed by atoms with Crippen molar-refractivity contribution in [2.45, 2.75) is 25.9 Å². The van der Waals surface area contributed by atoms with E-state index in [1.807, 2.05) is 11.8 Å². The molecule has 2 aromatic heterocycles. The summed E-state index contributed by atoms with van der Waals surface area (Å²) >= 11 is 0. The number of carbonyl (C=O) groups excluding carboxylic acids is 1. The molecule has 1 aromatic carbocycles. The van der Waals surface area contributed by atoms with Gasteiger partial charge in [0, 0.05) is 38.3 Å². The number of hydrazine groups is 1. The monoisotopic (exact) mass is 499 g/mol. The van der Waals surface area contributed by atoms with Gasteiger partial charge in [-0.3, -0.25) is 19.9 Å². The lowest BCUT2D eigenvalue weighted by molar-refractivity contribution is -0.0104. The van der Waals surface area contributed by atoms with Crippen LogP contribution in [0.2, 0.25) is 0 Å². The Balaban J connectivity index is 1.20. The first-order valence-electron chi connectivity index (χ1n) is 11.9. The number of H-pyrrole nitrogens is 1. The average molecular weight is 500 g/mol. The number of hydrogen-bond acceptors (Lipinski definition) is 8. The van der Waals surface area contributed by atoms with E-state index in [2.05, 4.69) is 30.7 Å². The molecule has 12 heteroatoms. The number of benzene rings is 1. The van der Waals surface area contributed by atoms with Gasteiger partial charge < -0.3 is 14.6 Å². The smallest absolute Gasteiger partial charge is 0.284 e. The molecule has 2 aliphatic heterocycles. The molecule has 3 aromatic rings. The van der Waals surface area contributed by atoms with Crippen molar-refractivity contribution in [2.24, 2.45) is 0 Å². The van der Waals surface area contributed by atoms with E-state index in [-0.39, 0.29) is 22.8 Å². The molecule has 2 aliphatic rings. The fraction of sp³-hybridized carbons (Fsp3) is 0.417. The molecule has 1 amide bonds. The summed E-state index contributed by atoms with van der Waals surface area (Å²) in [5.41, 5.74) is 6.61. The Morgan fingerprint density at radius 1 is 1.14 bits per heavy atom. The van der Waals surface area contributed by atoms with E-state index in [4.69, 9.17) is 4.74 Å². The highest BCUT2D eigenvalue weighted by Gasteiger charge is 2.23. The number of aromatic amines is 1. The highest BCUT2D eigenvalue weighted by molar-refractivity contribution is 5.92. The number of carbonyl (C=O) groups is 1. The molecule has 10 nitrogen and oxygen atoms in total. The zero-order chi connectivity index (χ0) is 25.2. The van der Waals surface area contributed by atoms with Crippen molar-refractivity contribution in [3.8, 4) is 0 Å². The molecular formula is C24H27F2N7O3. The first-order chi connectivity index (χ1) is 17.4. The maximum atomic E-state index is 15.1. The molecule has 0 spiro atoms. The van der Waals surface area contributed by atoms with Crippen LogP contribution in [-0.2, 0) is 17.7 Å². The van der Waals surface area contributed by atoms with Gasteiger partial charge in [0.2, 0.25) is 5.95 Å².